The maximum atomic E-state index is 15.2. The molecule has 1 amide bonds. The van der Waals surface area contributed by atoms with Gasteiger partial charge in [0.25, 0.3) is 5.91 Å². The number of hydrogen-bond donors (Lipinski definition) is 0. The van der Waals surface area contributed by atoms with Crippen LogP contribution in [-0.4, -0.2) is 44.8 Å². The van der Waals surface area contributed by atoms with Crippen LogP contribution in [0.15, 0.2) is 54.9 Å². The number of carbonyl (C=O) groups is 1. The monoisotopic (exact) mass is 527 g/mol. The molecular weight excluding hydrogens is 496 g/mol. The standard InChI is InChI=1S/C31H31F2N5O/c1-19-5-4-10-37(16-19)17-20-11-24-26(33)8-9-27-28(24)25(12-20)29(39)38(27)23-7-3-6-21(13-23)31(14-22(32)15-31)30-35-34-18-36(30)2/h3,6-9,11-13,18-19,22H,4-5,10,14-17H2,1-2H3/t19-,22?,31?/m0/s1. The maximum absolute atomic E-state index is 15.2. The minimum absolute atomic E-state index is 0.170. The van der Waals surface area contributed by atoms with E-state index in [9.17, 15) is 9.18 Å². The summed E-state index contributed by atoms with van der Waals surface area (Å²) in [6.07, 6.45) is 3.73. The lowest BCUT2D eigenvalue weighted by Gasteiger charge is -2.43. The van der Waals surface area contributed by atoms with Gasteiger partial charge in [0, 0.05) is 36.6 Å². The van der Waals surface area contributed by atoms with Gasteiger partial charge >= 0.3 is 0 Å². The van der Waals surface area contributed by atoms with E-state index in [1.807, 2.05) is 48.0 Å². The number of aromatic nitrogens is 3. The van der Waals surface area contributed by atoms with Crippen LogP contribution in [0.2, 0.25) is 0 Å². The van der Waals surface area contributed by atoms with Crippen molar-refractivity contribution in [1.29, 1.82) is 0 Å². The first-order valence-electron chi connectivity index (χ1n) is 13.7. The predicted molar refractivity (Wildman–Crippen MR) is 146 cm³/mol. The number of rotatable bonds is 5. The molecule has 1 aromatic heterocycles. The van der Waals surface area contributed by atoms with Gasteiger partial charge in [0.1, 0.15) is 24.1 Å². The zero-order valence-corrected chi connectivity index (χ0v) is 22.2. The highest BCUT2D eigenvalue weighted by Crippen LogP contribution is 2.51. The van der Waals surface area contributed by atoms with E-state index in [2.05, 4.69) is 22.0 Å². The minimum Gasteiger partial charge on any atom is -0.320 e. The van der Waals surface area contributed by atoms with Gasteiger partial charge in [-0.1, -0.05) is 19.1 Å². The van der Waals surface area contributed by atoms with Gasteiger partial charge < -0.3 is 4.57 Å². The first kappa shape index (κ1) is 24.4. The first-order valence-corrected chi connectivity index (χ1v) is 13.7. The van der Waals surface area contributed by atoms with Crippen LogP contribution in [0.3, 0.4) is 0 Å². The first-order chi connectivity index (χ1) is 18.8. The molecule has 8 heteroatoms. The average molecular weight is 528 g/mol. The third kappa shape index (κ3) is 3.79. The largest absolute Gasteiger partial charge is 0.320 e. The molecule has 3 heterocycles. The highest BCUT2D eigenvalue weighted by atomic mass is 19.1. The summed E-state index contributed by atoms with van der Waals surface area (Å²) in [6.45, 7) is 4.99. The minimum atomic E-state index is -0.916. The summed E-state index contributed by atoms with van der Waals surface area (Å²) in [7, 11) is 1.87. The molecule has 2 aliphatic heterocycles. The van der Waals surface area contributed by atoms with Crippen LogP contribution in [0, 0.1) is 11.7 Å². The fraction of sp³-hybridized carbons (Fsp3) is 0.387. The van der Waals surface area contributed by atoms with Gasteiger partial charge in [0.05, 0.1) is 16.7 Å². The van der Waals surface area contributed by atoms with Gasteiger partial charge in [0.15, 0.2) is 0 Å². The molecule has 6 nitrogen and oxygen atoms in total. The second kappa shape index (κ2) is 8.95. The Balaban J connectivity index is 1.29. The van der Waals surface area contributed by atoms with Gasteiger partial charge in [-0.15, -0.1) is 10.2 Å². The van der Waals surface area contributed by atoms with Gasteiger partial charge in [-0.05, 0) is 85.7 Å². The van der Waals surface area contributed by atoms with Gasteiger partial charge in [0.2, 0.25) is 0 Å². The number of anilines is 2. The Morgan fingerprint density at radius 3 is 2.72 bits per heavy atom. The van der Waals surface area contributed by atoms with E-state index in [0.29, 0.717) is 58.8 Å². The van der Waals surface area contributed by atoms with Gasteiger partial charge in [-0.3, -0.25) is 14.6 Å². The van der Waals surface area contributed by atoms with Crippen LogP contribution in [-0.2, 0) is 19.0 Å². The summed E-state index contributed by atoms with van der Waals surface area (Å²) in [6, 6.07) is 14.7. The molecule has 0 N–H and O–H groups in total. The van der Waals surface area contributed by atoms with E-state index < -0.39 is 11.6 Å². The molecule has 39 heavy (non-hydrogen) atoms. The van der Waals surface area contributed by atoms with Crippen LogP contribution in [0.5, 0.6) is 0 Å². The van der Waals surface area contributed by atoms with E-state index in [0.717, 1.165) is 30.6 Å². The fourth-order valence-corrected chi connectivity index (χ4v) is 7.02. The van der Waals surface area contributed by atoms with E-state index >= 15 is 4.39 Å². The number of piperidine rings is 1. The highest BCUT2D eigenvalue weighted by molar-refractivity contribution is 6.28. The SMILES string of the molecule is C[C@H]1CCCN(Cc2cc3c4c(ccc(F)c4c2)N(c2cccc(C4(c5nncn5C)CC(F)C4)c2)C3=O)C1. The Morgan fingerprint density at radius 2 is 1.97 bits per heavy atom. The lowest BCUT2D eigenvalue weighted by molar-refractivity contribution is 0.100. The number of hydrogen-bond acceptors (Lipinski definition) is 4. The summed E-state index contributed by atoms with van der Waals surface area (Å²) in [5.74, 6) is 0.856. The van der Waals surface area contributed by atoms with E-state index in [-0.39, 0.29) is 11.7 Å². The number of likely N-dealkylation sites (tertiary alicyclic amines) is 1. The summed E-state index contributed by atoms with van der Waals surface area (Å²) < 4.78 is 31.3. The maximum Gasteiger partial charge on any atom is 0.263 e. The van der Waals surface area contributed by atoms with Gasteiger partial charge in [-0.2, -0.15) is 0 Å². The Morgan fingerprint density at radius 1 is 1.13 bits per heavy atom. The Labute approximate surface area is 226 Å². The van der Waals surface area contributed by atoms with E-state index in [4.69, 9.17) is 0 Å². The van der Waals surface area contributed by atoms with Crippen molar-refractivity contribution in [2.24, 2.45) is 13.0 Å². The normalized spacial score (nSPS) is 24.9. The molecule has 0 bridgehead atoms. The third-order valence-corrected chi connectivity index (χ3v) is 8.86. The Hall–Kier alpha value is -3.65. The van der Waals surface area contributed by atoms with Crippen molar-refractivity contribution in [3.63, 3.8) is 0 Å². The van der Waals surface area contributed by atoms with Crippen LogP contribution in [0.25, 0.3) is 10.8 Å². The van der Waals surface area contributed by atoms with Crippen molar-refractivity contribution < 1.29 is 13.6 Å². The number of nitrogens with zero attached hydrogens (tertiary/aromatic N) is 5. The summed E-state index contributed by atoms with van der Waals surface area (Å²) in [5, 5.41) is 9.48. The van der Waals surface area contributed by atoms with E-state index in [1.165, 1.54) is 12.5 Å². The average Bonchev–Trinajstić information content (AvgIpc) is 3.45. The Kier molecular flexibility index (Phi) is 5.60. The second-order valence-electron chi connectivity index (χ2n) is 11.7. The van der Waals surface area contributed by atoms with Crippen LogP contribution < -0.4 is 4.90 Å². The number of carbonyl (C=O) groups excluding carboxylic acids is 1. The van der Waals surface area contributed by atoms with Crippen molar-refractivity contribution in [3.8, 4) is 0 Å². The van der Waals surface area contributed by atoms with Crippen LogP contribution in [0.1, 0.15) is 59.9 Å². The smallest absolute Gasteiger partial charge is 0.263 e. The molecule has 0 spiro atoms. The fourth-order valence-electron chi connectivity index (χ4n) is 7.02. The molecule has 4 aromatic rings. The molecule has 3 aliphatic rings. The lowest BCUT2D eigenvalue weighted by Crippen LogP contribution is -2.45. The van der Waals surface area contributed by atoms with E-state index in [1.54, 1.807) is 17.3 Å². The molecule has 0 radical (unpaired) electrons. The van der Waals surface area contributed by atoms with Crippen molar-refractivity contribution in [3.05, 3.63) is 83.2 Å². The number of amides is 1. The number of benzene rings is 3. The summed E-state index contributed by atoms with van der Waals surface area (Å²) >= 11 is 0. The Bertz CT molecular complexity index is 1610. The molecule has 7 rings (SSSR count). The van der Waals surface area contributed by atoms with Crippen LogP contribution in [0.4, 0.5) is 20.2 Å². The number of halogens is 2. The summed E-state index contributed by atoms with van der Waals surface area (Å²) in [5.41, 5.74) is 3.13. The molecule has 2 fully saturated rings. The van der Waals surface area contributed by atoms with Gasteiger partial charge in [-0.25, -0.2) is 8.78 Å². The number of alkyl halides is 1. The van der Waals surface area contributed by atoms with Crippen LogP contribution >= 0.6 is 0 Å². The van der Waals surface area contributed by atoms with Crippen molar-refractivity contribution in [1.82, 2.24) is 19.7 Å². The quantitative estimate of drug-likeness (QED) is 0.317. The molecule has 3 aromatic carbocycles. The van der Waals surface area contributed by atoms with Crippen molar-refractivity contribution >= 4 is 28.1 Å². The molecule has 1 atom stereocenters. The highest BCUT2D eigenvalue weighted by Gasteiger charge is 2.50. The third-order valence-electron chi connectivity index (χ3n) is 8.86. The predicted octanol–water partition coefficient (Wildman–Crippen LogP) is 6.05. The topological polar surface area (TPSA) is 54.3 Å². The number of aryl methyl sites for hydroxylation is 1. The molecule has 1 saturated carbocycles. The summed E-state index contributed by atoms with van der Waals surface area (Å²) in [4.78, 5) is 18.0. The lowest BCUT2D eigenvalue weighted by atomic mass is 9.62. The van der Waals surface area contributed by atoms with Crippen molar-refractivity contribution in [2.75, 3.05) is 18.0 Å². The zero-order chi connectivity index (χ0) is 26.9. The molecular formula is C31H31F2N5O. The molecule has 1 aliphatic carbocycles. The van der Waals surface area contributed by atoms with Crippen molar-refractivity contribution in [2.45, 2.75) is 50.7 Å². The zero-order valence-electron chi connectivity index (χ0n) is 22.2. The second-order valence-corrected chi connectivity index (χ2v) is 11.7. The molecule has 200 valence electrons. The molecule has 0 unspecified atom stereocenters. The molecule has 1 saturated heterocycles.